The van der Waals surface area contributed by atoms with Crippen molar-refractivity contribution in [2.75, 3.05) is 26.2 Å². The van der Waals surface area contributed by atoms with Crippen LogP contribution in [0.3, 0.4) is 0 Å². The molecule has 1 fully saturated rings. The Hall–Kier alpha value is -0.0800. The summed E-state index contributed by atoms with van der Waals surface area (Å²) in [4.78, 5) is 1.99. The number of nitrogens with one attached hydrogen (secondary N) is 1. The van der Waals surface area contributed by atoms with Crippen LogP contribution in [0.2, 0.25) is 0 Å². The molecule has 23 heavy (non-hydrogen) atoms. The standard InChI is InChI=1S/C14H17BrF4N2.2ClH/c15-13-10(2-1-3-11(13)16)12(4-5-14(17,18)19)21-8-6-20-7-9-21;;/h1-3,12,20H,4-9H2;2*1H/t12-;;/m0../s1. The van der Waals surface area contributed by atoms with Gasteiger partial charge in [0.25, 0.3) is 0 Å². The number of alkyl halides is 3. The average Bonchev–Trinajstić information content (AvgIpc) is 2.43. The number of halogens is 7. The molecule has 0 radical (unpaired) electrons. The van der Waals surface area contributed by atoms with Crippen LogP contribution in [-0.2, 0) is 0 Å². The van der Waals surface area contributed by atoms with Crippen molar-refractivity contribution in [1.82, 2.24) is 10.2 Å². The van der Waals surface area contributed by atoms with Crippen molar-refractivity contribution >= 4 is 40.7 Å². The molecule has 2 rings (SSSR count). The Kier molecular flexibility index (Phi) is 10.00. The highest BCUT2D eigenvalue weighted by atomic mass is 79.9. The Labute approximate surface area is 153 Å². The number of piperazine rings is 1. The summed E-state index contributed by atoms with van der Waals surface area (Å²) in [5, 5.41) is 3.17. The predicted octanol–water partition coefficient (Wildman–Crippen LogP) is 4.72. The van der Waals surface area contributed by atoms with Gasteiger partial charge in [0.05, 0.1) is 4.47 Å². The Bertz CT molecular complexity index is 482. The van der Waals surface area contributed by atoms with E-state index in [4.69, 9.17) is 0 Å². The van der Waals surface area contributed by atoms with Gasteiger partial charge >= 0.3 is 6.18 Å². The lowest BCUT2D eigenvalue weighted by atomic mass is 9.99. The Morgan fingerprint density at radius 3 is 2.35 bits per heavy atom. The first-order valence-corrected chi connectivity index (χ1v) is 7.63. The number of rotatable bonds is 4. The van der Waals surface area contributed by atoms with Crippen molar-refractivity contribution < 1.29 is 17.6 Å². The lowest BCUT2D eigenvalue weighted by Crippen LogP contribution is -2.45. The number of benzene rings is 1. The first-order valence-electron chi connectivity index (χ1n) is 6.84. The molecule has 2 nitrogen and oxygen atoms in total. The van der Waals surface area contributed by atoms with Crippen LogP contribution < -0.4 is 5.32 Å². The molecule has 1 saturated heterocycles. The van der Waals surface area contributed by atoms with Gasteiger partial charge in [0.2, 0.25) is 0 Å². The molecular weight excluding hydrogens is 423 g/mol. The van der Waals surface area contributed by atoms with Crippen molar-refractivity contribution in [3.8, 4) is 0 Å². The summed E-state index contributed by atoms with van der Waals surface area (Å²) < 4.78 is 51.6. The zero-order chi connectivity index (χ0) is 15.5. The summed E-state index contributed by atoms with van der Waals surface area (Å²) in [5.74, 6) is -0.445. The van der Waals surface area contributed by atoms with Crippen molar-refractivity contribution in [3.05, 3.63) is 34.1 Å². The lowest BCUT2D eigenvalue weighted by Gasteiger charge is -2.36. The molecule has 134 valence electrons. The van der Waals surface area contributed by atoms with Gasteiger partial charge in [-0.05, 0) is 34.0 Å². The Morgan fingerprint density at radius 2 is 1.78 bits per heavy atom. The first kappa shape index (κ1) is 22.9. The van der Waals surface area contributed by atoms with E-state index < -0.39 is 24.5 Å². The Morgan fingerprint density at radius 1 is 1.17 bits per heavy atom. The van der Waals surface area contributed by atoms with Crippen molar-refractivity contribution in [2.45, 2.75) is 25.1 Å². The summed E-state index contributed by atoms with van der Waals surface area (Å²) in [6.45, 7) is 2.78. The molecule has 1 N–H and O–H groups in total. The molecule has 0 unspecified atom stereocenters. The third-order valence-corrected chi connectivity index (χ3v) is 4.47. The van der Waals surface area contributed by atoms with Crippen LogP contribution in [0.5, 0.6) is 0 Å². The van der Waals surface area contributed by atoms with Crippen LogP contribution in [-0.4, -0.2) is 37.3 Å². The van der Waals surface area contributed by atoms with Gasteiger partial charge in [0.15, 0.2) is 0 Å². The van der Waals surface area contributed by atoms with Gasteiger partial charge in [-0.25, -0.2) is 4.39 Å². The van der Waals surface area contributed by atoms with Gasteiger partial charge in [-0.1, -0.05) is 12.1 Å². The molecule has 1 aromatic rings. The molecule has 1 aliphatic heterocycles. The van der Waals surface area contributed by atoms with Crippen molar-refractivity contribution in [3.63, 3.8) is 0 Å². The third kappa shape index (κ3) is 6.74. The van der Waals surface area contributed by atoms with Gasteiger partial charge in [-0.3, -0.25) is 4.90 Å². The Balaban J connectivity index is 0.00000242. The van der Waals surface area contributed by atoms with Gasteiger partial charge in [-0.15, -0.1) is 24.8 Å². The molecule has 0 aliphatic carbocycles. The van der Waals surface area contributed by atoms with Crippen LogP contribution in [0.1, 0.15) is 24.4 Å². The van der Waals surface area contributed by atoms with Gasteiger partial charge < -0.3 is 5.32 Å². The molecule has 9 heteroatoms. The van der Waals surface area contributed by atoms with Crippen LogP contribution in [0, 0.1) is 5.82 Å². The number of hydrogen-bond donors (Lipinski definition) is 1. The van der Waals surface area contributed by atoms with E-state index in [1.54, 1.807) is 6.07 Å². The zero-order valence-electron chi connectivity index (χ0n) is 12.2. The normalized spacial score (nSPS) is 17.1. The van der Waals surface area contributed by atoms with Crippen LogP contribution >= 0.6 is 40.7 Å². The lowest BCUT2D eigenvalue weighted by molar-refractivity contribution is -0.138. The minimum atomic E-state index is -4.20. The second kappa shape index (κ2) is 10.0. The van der Waals surface area contributed by atoms with E-state index in [0.29, 0.717) is 18.7 Å². The van der Waals surface area contributed by atoms with E-state index in [-0.39, 0.29) is 35.7 Å². The molecule has 0 bridgehead atoms. The molecular formula is C14H19BrCl2F4N2. The maximum atomic E-state index is 13.7. The van der Waals surface area contributed by atoms with Crippen LogP contribution in [0.25, 0.3) is 0 Å². The highest BCUT2D eigenvalue weighted by Crippen LogP contribution is 2.36. The van der Waals surface area contributed by atoms with Crippen molar-refractivity contribution in [1.29, 1.82) is 0 Å². The van der Waals surface area contributed by atoms with E-state index >= 15 is 0 Å². The monoisotopic (exact) mass is 440 g/mol. The van der Waals surface area contributed by atoms with E-state index in [2.05, 4.69) is 21.2 Å². The smallest absolute Gasteiger partial charge is 0.314 e. The first-order chi connectivity index (χ1) is 9.88. The summed E-state index contributed by atoms with van der Waals surface area (Å²) in [5.41, 5.74) is 0.584. The second-order valence-electron chi connectivity index (χ2n) is 5.10. The molecule has 1 aromatic carbocycles. The molecule has 1 atom stereocenters. The van der Waals surface area contributed by atoms with Crippen LogP contribution in [0.15, 0.2) is 22.7 Å². The predicted molar refractivity (Wildman–Crippen MR) is 91.1 cm³/mol. The maximum absolute atomic E-state index is 13.7. The fourth-order valence-corrected chi connectivity index (χ4v) is 3.14. The van der Waals surface area contributed by atoms with E-state index in [1.807, 2.05) is 4.90 Å². The van der Waals surface area contributed by atoms with Crippen molar-refractivity contribution in [2.24, 2.45) is 0 Å². The second-order valence-corrected chi connectivity index (χ2v) is 5.89. The molecule has 0 spiro atoms. The van der Waals surface area contributed by atoms with Gasteiger partial charge in [0.1, 0.15) is 5.82 Å². The number of nitrogens with zero attached hydrogens (tertiary/aromatic N) is 1. The van der Waals surface area contributed by atoms with Gasteiger partial charge in [0, 0.05) is 38.6 Å². The highest BCUT2D eigenvalue weighted by molar-refractivity contribution is 9.10. The van der Waals surface area contributed by atoms with E-state index in [1.165, 1.54) is 12.1 Å². The zero-order valence-corrected chi connectivity index (χ0v) is 15.4. The van der Waals surface area contributed by atoms with E-state index in [0.717, 1.165) is 13.1 Å². The molecule has 0 aromatic heterocycles. The largest absolute Gasteiger partial charge is 0.389 e. The fraction of sp³-hybridized carbons (Fsp3) is 0.571. The molecule has 0 amide bonds. The van der Waals surface area contributed by atoms with Gasteiger partial charge in [-0.2, -0.15) is 13.2 Å². The summed E-state index contributed by atoms with van der Waals surface area (Å²) in [6.07, 6.45) is -5.14. The third-order valence-electron chi connectivity index (χ3n) is 3.63. The molecule has 0 saturated carbocycles. The highest BCUT2D eigenvalue weighted by Gasteiger charge is 2.32. The summed E-state index contributed by atoms with van der Waals surface area (Å²) in [7, 11) is 0. The minimum absolute atomic E-state index is 0. The molecule has 1 heterocycles. The SMILES string of the molecule is Cl.Cl.Fc1cccc([C@H](CCC(F)(F)F)N2CCNCC2)c1Br. The quantitative estimate of drug-likeness (QED) is 0.680. The maximum Gasteiger partial charge on any atom is 0.389 e. The number of hydrogen-bond acceptors (Lipinski definition) is 2. The molecule has 1 aliphatic rings. The van der Waals surface area contributed by atoms with E-state index in [9.17, 15) is 17.6 Å². The fourth-order valence-electron chi connectivity index (χ4n) is 2.61. The average molecular weight is 442 g/mol. The minimum Gasteiger partial charge on any atom is -0.314 e. The summed E-state index contributed by atoms with van der Waals surface area (Å²) >= 11 is 3.17. The summed E-state index contributed by atoms with van der Waals surface area (Å²) in [6, 6.07) is 4.10. The van der Waals surface area contributed by atoms with Crippen LogP contribution in [0.4, 0.5) is 17.6 Å². The topological polar surface area (TPSA) is 15.3 Å².